The summed E-state index contributed by atoms with van der Waals surface area (Å²) in [6.07, 6.45) is 5.50. The molecule has 1 unspecified atom stereocenters. The highest BCUT2D eigenvalue weighted by Gasteiger charge is 2.32. The number of halogens is 1. The number of fused-ring (bicyclic) bond motifs is 1. The predicted molar refractivity (Wildman–Crippen MR) is 109 cm³/mol. The van der Waals surface area contributed by atoms with Crippen LogP contribution in [0.1, 0.15) is 25.0 Å². The lowest BCUT2D eigenvalue weighted by Crippen LogP contribution is -2.37. The molecule has 0 fully saturated rings. The molecule has 3 N–H and O–H groups in total. The second-order valence-corrected chi connectivity index (χ2v) is 7.33. The molecule has 2 aliphatic heterocycles. The Morgan fingerprint density at radius 3 is 2.62 bits per heavy atom. The first-order chi connectivity index (χ1) is 12.5. The van der Waals surface area contributed by atoms with Gasteiger partial charge in [0.1, 0.15) is 6.17 Å². The summed E-state index contributed by atoms with van der Waals surface area (Å²) in [5, 5.41) is 4.35. The summed E-state index contributed by atoms with van der Waals surface area (Å²) in [6.45, 7) is 4.28. The number of allylic oxidation sites excluding steroid dienone is 4. The second-order valence-electron chi connectivity index (χ2n) is 6.90. The lowest BCUT2D eigenvalue weighted by molar-refractivity contribution is 0.407. The summed E-state index contributed by atoms with van der Waals surface area (Å²) < 4.78 is 0. The average molecular weight is 364 g/mol. The largest absolute Gasteiger partial charge is 0.399 e. The standard InChI is InChI=1S/C22H22ClN3/c1-14-15(2)26-13-17(10-16-6-8-20(24)9-7-16)11-21(22(26)25-14)18-4-3-5-19(23)12-18/h3-9,11-13,22,25H,10,24H2,1-2H3. The highest BCUT2D eigenvalue weighted by molar-refractivity contribution is 6.30. The second kappa shape index (κ2) is 6.58. The number of nitrogen functional groups attached to an aromatic ring is 1. The zero-order chi connectivity index (χ0) is 18.3. The first kappa shape index (κ1) is 16.8. The lowest BCUT2D eigenvalue weighted by atomic mass is 9.94. The van der Waals surface area contributed by atoms with E-state index in [0.29, 0.717) is 0 Å². The molecule has 4 rings (SSSR count). The maximum atomic E-state index is 6.25. The van der Waals surface area contributed by atoms with Gasteiger partial charge in [0.05, 0.1) is 0 Å². The zero-order valence-electron chi connectivity index (χ0n) is 15.0. The number of anilines is 1. The van der Waals surface area contributed by atoms with Crippen LogP contribution in [0.5, 0.6) is 0 Å². The van der Waals surface area contributed by atoms with Gasteiger partial charge in [0.25, 0.3) is 0 Å². The molecule has 0 spiro atoms. The molecule has 2 aromatic carbocycles. The monoisotopic (exact) mass is 363 g/mol. The van der Waals surface area contributed by atoms with Crippen molar-refractivity contribution in [3.05, 3.63) is 93.9 Å². The fourth-order valence-electron chi connectivity index (χ4n) is 3.54. The van der Waals surface area contributed by atoms with Crippen LogP contribution < -0.4 is 11.1 Å². The van der Waals surface area contributed by atoms with E-state index >= 15 is 0 Å². The van der Waals surface area contributed by atoms with Crippen LogP contribution in [0.2, 0.25) is 5.02 Å². The molecular weight excluding hydrogens is 342 g/mol. The highest BCUT2D eigenvalue weighted by Crippen LogP contribution is 2.36. The van der Waals surface area contributed by atoms with Gasteiger partial charge in [-0.2, -0.15) is 0 Å². The fourth-order valence-corrected chi connectivity index (χ4v) is 3.73. The molecule has 3 nitrogen and oxygen atoms in total. The fraction of sp³-hybridized carbons (Fsp3) is 0.182. The number of benzene rings is 2. The van der Waals surface area contributed by atoms with Gasteiger partial charge in [-0.15, -0.1) is 0 Å². The lowest BCUT2D eigenvalue weighted by Gasteiger charge is -2.32. The number of rotatable bonds is 3. The van der Waals surface area contributed by atoms with E-state index in [1.54, 1.807) is 0 Å². The van der Waals surface area contributed by atoms with Crippen LogP contribution in [0.15, 0.2) is 77.8 Å². The van der Waals surface area contributed by atoms with Gasteiger partial charge in [0.2, 0.25) is 0 Å². The van der Waals surface area contributed by atoms with Crippen molar-refractivity contribution in [3.8, 4) is 0 Å². The number of nitrogens with zero attached hydrogens (tertiary/aromatic N) is 1. The van der Waals surface area contributed by atoms with Crippen LogP contribution in [0.3, 0.4) is 0 Å². The summed E-state index contributed by atoms with van der Waals surface area (Å²) in [7, 11) is 0. The minimum absolute atomic E-state index is 0.114. The number of hydrogen-bond donors (Lipinski definition) is 2. The van der Waals surface area contributed by atoms with Crippen molar-refractivity contribution < 1.29 is 0 Å². The third-order valence-electron chi connectivity index (χ3n) is 5.05. The molecule has 0 radical (unpaired) electrons. The van der Waals surface area contributed by atoms with Crippen LogP contribution in [-0.2, 0) is 6.42 Å². The molecule has 1 atom stereocenters. The van der Waals surface area contributed by atoms with E-state index in [1.807, 2.05) is 30.3 Å². The van der Waals surface area contributed by atoms with Gasteiger partial charge in [0, 0.05) is 33.9 Å². The van der Waals surface area contributed by atoms with Crippen molar-refractivity contribution in [2.45, 2.75) is 26.4 Å². The zero-order valence-corrected chi connectivity index (χ0v) is 15.7. The predicted octanol–water partition coefficient (Wildman–Crippen LogP) is 4.93. The third kappa shape index (κ3) is 3.11. The van der Waals surface area contributed by atoms with Crippen molar-refractivity contribution >= 4 is 22.9 Å². The Labute approximate surface area is 159 Å². The SMILES string of the molecule is CC1=C(C)N2C=C(Cc3ccc(N)cc3)C=C(c3cccc(Cl)c3)C2N1. The van der Waals surface area contributed by atoms with Crippen molar-refractivity contribution in [1.82, 2.24) is 10.2 Å². The quantitative estimate of drug-likeness (QED) is 0.760. The van der Waals surface area contributed by atoms with E-state index in [4.69, 9.17) is 17.3 Å². The van der Waals surface area contributed by atoms with Crippen LogP contribution >= 0.6 is 11.6 Å². The molecule has 2 aromatic rings. The Hall–Kier alpha value is -2.65. The molecule has 26 heavy (non-hydrogen) atoms. The molecule has 0 saturated heterocycles. The Morgan fingerprint density at radius 2 is 1.88 bits per heavy atom. The Kier molecular flexibility index (Phi) is 4.25. The molecule has 0 saturated carbocycles. The van der Waals surface area contributed by atoms with Gasteiger partial charge in [-0.1, -0.05) is 35.9 Å². The van der Waals surface area contributed by atoms with E-state index in [2.05, 4.69) is 54.5 Å². The number of nitrogens with one attached hydrogen (secondary N) is 1. The van der Waals surface area contributed by atoms with Gasteiger partial charge >= 0.3 is 0 Å². The van der Waals surface area contributed by atoms with Gasteiger partial charge in [-0.25, -0.2) is 0 Å². The highest BCUT2D eigenvalue weighted by atomic mass is 35.5. The van der Waals surface area contributed by atoms with Crippen LogP contribution in [0, 0.1) is 0 Å². The maximum absolute atomic E-state index is 6.25. The van der Waals surface area contributed by atoms with Crippen molar-refractivity contribution in [2.24, 2.45) is 0 Å². The summed E-state index contributed by atoms with van der Waals surface area (Å²) in [4.78, 5) is 2.32. The van der Waals surface area contributed by atoms with Crippen LogP contribution in [0.25, 0.3) is 5.57 Å². The Balaban J connectivity index is 1.73. The van der Waals surface area contributed by atoms with E-state index in [1.165, 1.54) is 28.1 Å². The Bertz CT molecular complexity index is 938. The maximum Gasteiger partial charge on any atom is 0.130 e. The molecule has 0 bridgehead atoms. The topological polar surface area (TPSA) is 41.3 Å². The normalized spacial score (nSPS) is 19.0. The molecule has 0 aliphatic carbocycles. The molecular formula is C22H22ClN3. The smallest absolute Gasteiger partial charge is 0.130 e. The first-order valence-electron chi connectivity index (χ1n) is 8.76. The van der Waals surface area contributed by atoms with Crippen molar-refractivity contribution in [1.29, 1.82) is 0 Å². The summed E-state index contributed by atoms with van der Waals surface area (Å²) in [5.74, 6) is 0. The minimum atomic E-state index is 0.114. The summed E-state index contributed by atoms with van der Waals surface area (Å²) in [6, 6.07) is 16.1. The van der Waals surface area contributed by atoms with E-state index < -0.39 is 0 Å². The molecule has 4 heteroatoms. The van der Waals surface area contributed by atoms with Crippen LogP contribution in [-0.4, -0.2) is 11.1 Å². The Morgan fingerprint density at radius 1 is 1.12 bits per heavy atom. The van der Waals surface area contributed by atoms with Gasteiger partial charge in [-0.3, -0.25) is 0 Å². The molecule has 2 heterocycles. The van der Waals surface area contributed by atoms with Crippen molar-refractivity contribution in [2.75, 3.05) is 5.73 Å². The first-order valence-corrected chi connectivity index (χ1v) is 9.14. The van der Waals surface area contributed by atoms with E-state index in [0.717, 1.165) is 22.7 Å². The van der Waals surface area contributed by atoms with Gasteiger partial charge in [0.15, 0.2) is 0 Å². The molecule has 0 aromatic heterocycles. The van der Waals surface area contributed by atoms with Crippen LogP contribution in [0.4, 0.5) is 5.69 Å². The number of hydrogen-bond acceptors (Lipinski definition) is 3. The summed E-state index contributed by atoms with van der Waals surface area (Å²) in [5.41, 5.74) is 13.9. The summed E-state index contributed by atoms with van der Waals surface area (Å²) >= 11 is 6.25. The molecule has 2 aliphatic rings. The van der Waals surface area contributed by atoms with Crippen molar-refractivity contribution in [3.63, 3.8) is 0 Å². The molecule has 132 valence electrons. The van der Waals surface area contributed by atoms with E-state index in [-0.39, 0.29) is 6.17 Å². The van der Waals surface area contributed by atoms with E-state index in [9.17, 15) is 0 Å². The van der Waals surface area contributed by atoms with Gasteiger partial charge in [-0.05, 0) is 67.3 Å². The third-order valence-corrected chi connectivity index (χ3v) is 5.28. The average Bonchev–Trinajstić information content (AvgIpc) is 2.91. The molecule has 0 amide bonds. The number of nitrogens with two attached hydrogens (primary N) is 1. The minimum Gasteiger partial charge on any atom is -0.399 e. The van der Waals surface area contributed by atoms with Gasteiger partial charge < -0.3 is 16.0 Å².